The molecule has 0 saturated carbocycles. The molecule has 0 aliphatic carbocycles. The Bertz CT molecular complexity index is 1250. The predicted molar refractivity (Wildman–Crippen MR) is 127 cm³/mol. The van der Waals surface area contributed by atoms with Gasteiger partial charge in [0.05, 0.1) is 20.0 Å². The van der Waals surface area contributed by atoms with Gasteiger partial charge in [-0.3, -0.25) is 4.79 Å². The summed E-state index contributed by atoms with van der Waals surface area (Å²) in [5, 5.41) is 14.9. The number of tetrazole rings is 1. The third-order valence-electron chi connectivity index (χ3n) is 4.93. The number of carbonyl (C=O) groups excluding carboxylic acids is 1. The first-order valence-electron chi connectivity index (χ1n) is 10.9. The van der Waals surface area contributed by atoms with Crippen LogP contribution >= 0.6 is 0 Å². The molecule has 2 heterocycles. The summed E-state index contributed by atoms with van der Waals surface area (Å²) < 4.78 is 18.0. The first kappa shape index (κ1) is 22.8. The van der Waals surface area contributed by atoms with Crippen LogP contribution in [-0.2, 0) is 11.3 Å². The van der Waals surface area contributed by atoms with Gasteiger partial charge in [-0.15, -0.1) is 5.10 Å². The van der Waals surface area contributed by atoms with Crippen molar-refractivity contribution in [1.82, 2.24) is 25.5 Å². The summed E-state index contributed by atoms with van der Waals surface area (Å²) in [6.45, 7) is 2.91. The maximum Gasteiger partial charge on any atom is 0.270 e. The first-order chi connectivity index (χ1) is 16.7. The third kappa shape index (κ3) is 5.32. The molecule has 0 fully saturated rings. The molecule has 0 atom stereocenters. The minimum atomic E-state index is -0.369. The molecule has 34 heavy (non-hydrogen) atoms. The van der Waals surface area contributed by atoms with Gasteiger partial charge in [-0.05, 0) is 46.7 Å². The van der Waals surface area contributed by atoms with E-state index < -0.39 is 0 Å². The Morgan fingerprint density at radius 1 is 1.12 bits per heavy atom. The van der Waals surface area contributed by atoms with Crippen LogP contribution in [-0.4, -0.2) is 39.8 Å². The lowest BCUT2D eigenvalue weighted by Crippen LogP contribution is -2.27. The van der Waals surface area contributed by atoms with Crippen LogP contribution in [0.1, 0.15) is 24.7 Å². The molecule has 0 aliphatic heterocycles. The monoisotopic (exact) mass is 459 g/mol. The standard InChI is InChI=1S/C25H25N5O4/c1-3-13-34-22-12-11-18(15-23(22)32-2)17-26-25(31)21(16-20-10-7-14-33-20)30-24(27-28-29-30)19-8-5-4-6-9-19/h4-12,14-16H,3,13,17H2,1-2H3,(H,26,31)/b21-16-. The van der Waals surface area contributed by atoms with Crippen molar-refractivity contribution in [2.24, 2.45) is 0 Å². The van der Waals surface area contributed by atoms with E-state index in [4.69, 9.17) is 13.9 Å². The van der Waals surface area contributed by atoms with Crippen molar-refractivity contribution in [3.63, 3.8) is 0 Å². The van der Waals surface area contributed by atoms with Gasteiger partial charge in [0.15, 0.2) is 17.3 Å². The fraction of sp³-hybridized carbons (Fsp3) is 0.200. The fourth-order valence-electron chi connectivity index (χ4n) is 3.27. The van der Waals surface area contributed by atoms with Gasteiger partial charge >= 0.3 is 0 Å². The van der Waals surface area contributed by atoms with Crippen molar-refractivity contribution < 1.29 is 18.7 Å². The van der Waals surface area contributed by atoms with E-state index in [-0.39, 0.29) is 18.1 Å². The quantitative estimate of drug-likeness (QED) is 0.357. The van der Waals surface area contributed by atoms with Gasteiger partial charge in [-0.1, -0.05) is 43.3 Å². The van der Waals surface area contributed by atoms with Crippen molar-refractivity contribution in [2.45, 2.75) is 19.9 Å². The number of carbonyl (C=O) groups is 1. The van der Waals surface area contributed by atoms with Gasteiger partial charge in [0.1, 0.15) is 11.5 Å². The Balaban J connectivity index is 1.58. The zero-order chi connectivity index (χ0) is 23.8. The number of hydrogen-bond acceptors (Lipinski definition) is 7. The number of furan rings is 1. The SMILES string of the molecule is CCCOc1ccc(CNC(=O)/C(=C/c2ccco2)n2nnnc2-c2ccccc2)cc1OC. The first-order valence-corrected chi connectivity index (χ1v) is 10.9. The molecule has 0 aliphatic rings. The molecule has 1 N–H and O–H groups in total. The van der Waals surface area contributed by atoms with Gasteiger partial charge in [-0.2, -0.15) is 4.68 Å². The number of nitrogens with one attached hydrogen (secondary N) is 1. The lowest BCUT2D eigenvalue weighted by molar-refractivity contribution is -0.116. The lowest BCUT2D eigenvalue weighted by Gasteiger charge is -2.13. The van der Waals surface area contributed by atoms with Crippen LogP contribution in [0.5, 0.6) is 11.5 Å². The van der Waals surface area contributed by atoms with E-state index in [1.54, 1.807) is 25.3 Å². The predicted octanol–water partition coefficient (Wildman–Crippen LogP) is 4.05. The zero-order valence-corrected chi connectivity index (χ0v) is 19.0. The van der Waals surface area contributed by atoms with Crippen LogP contribution in [0.25, 0.3) is 23.2 Å². The Hall–Kier alpha value is -4.40. The Kier molecular flexibility index (Phi) is 7.34. The molecular weight excluding hydrogens is 434 g/mol. The van der Waals surface area contributed by atoms with E-state index >= 15 is 0 Å². The number of hydrogen-bond donors (Lipinski definition) is 1. The van der Waals surface area contributed by atoms with E-state index in [2.05, 4.69) is 20.8 Å². The van der Waals surface area contributed by atoms with Crippen LogP contribution in [0.3, 0.4) is 0 Å². The summed E-state index contributed by atoms with van der Waals surface area (Å²) in [5.74, 6) is 1.84. The van der Waals surface area contributed by atoms with Crippen LogP contribution in [0.15, 0.2) is 71.3 Å². The molecule has 9 nitrogen and oxygen atoms in total. The van der Waals surface area contributed by atoms with E-state index in [1.807, 2.05) is 55.5 Å². The molecule has 0 saturated heterocycles. The highest BCUT2D eigenvalue weighted by Crippen LogP contribution is 2.28. The van der Waals surface area contributed by atoms with Gasteiger partial charge in [0.25, 0.3) is 5.91 Å². The topological polar surface area (TPSA) is 104 Å². The fourth-order valence-corrected chi connectivity index (χ4v) is 3.27. The Morgan fingerprint density at radius 3 is 2.71 bits per heavy atom. The van der Waals surface area contributed by atoms with Crippen molar-refractivity contribution in [3.05, 3.63) is 78.3 Å². The number of methoxy groups -OCH3 is 1. The highest BCUT2D eigenvalue weighted by Gasteiger charge is 2.20. The van der Waals surface area contributed by atoms with E-state index in [0.717, 1.165) is 17.5 Å². The minimum Gasteiger partial charge on any atom is -0.493 e. The number of rotatable bonds is 10. The smallest absolute Gasteiger partial charge is 0.270 e. The molecule has 4 aromatic rings. The highest BCUT2D eigenvalue weighted by molar-refractivity contribution is 6.18. The summed E-state index contributed by atoms with van der Waals surface area (Å²) in [6.07, 6.45) is 4.03. The summed E-state index contributed by atoms with van der Waals surface area (Å²) in [7, 11) is 1.59. The number of benzene rings is 2. The molecule has 0 spiro atoms. The van der Waals surface area contributed by atoms with Crippen molar-refractivity contribution in [2.75, 3.05) is 13.7 Å². The molecule has 2 aromatic carbocycles. The normalized spacial score (nSPS) is 11.3. The van der Waals surface area contributed by atoms with Crippen molar-refractivity contribution in [1.29, 1.82) is 0 Å². The maximum absolute atomic E-state index is 13.3. The second kappa shape index (κ2) is 11.0. The van der Waals surface area contributed by atoms with Crippen LogP contribution in [0, 0.1) is 0 Å². The average molecular weight is 460 g/mol. The van der Waals surface area contributed by atoms with Gasteiger partial charge in [0, 0.05) is 18.2 Å². The molecule has 4 rings (SSSR count). The molecule has 1 amide bonds. The molecule has 174 valence electrons. The number of amides is 1. The summed E-state index contributed by atoms with van der Waals surface area (Å²) >= 11 is 0. The maximum atomic E-state index is 13.3. The van der Waals surface area contributed by atoms with Crippen molar-refractivity contribution in [3.8, 4) is 22.9 Å². The van der Waals surface area contributed by atoms with Gasteiger partial charge in [0.2, 0.25) is 0 Å². The lowest BCUT2D eigenvalue weighted by atomic mass is 10.2. The zero-order valence-electron chi connectivity index (χ0n) is 19.0. The van der Waals surface area contributed by atoms with Gasteiger partial charge < -0.3 is 19.2 Å². The third-order valence-corrected chi connectivity index (χ3v) is 4.93. The molecule has 0 radical (unpaired) electrons. The van der Waals surface area contributed by atoms with Gasteiger partial charge in [-0.25, -0.2) is 0 Å². The largest absolute Gasteiger partial charge is 0.493 e. The van der Waals surface area contributed by atoms with Crippen LogP contribution in [0.2, 0.25) is 0 Å². The molecule has 2 aromatic heterocycles. The summed E-state index contributed by atoms with van der Waals surface area (Å²) in [5.41, 5.74) is 1.85. The van der Waals surface area contributed by atoms with Crippen LogP contribution in [0.4, 0.5) is 0 Å². The number of ether oxygens (including phenoxy) is 2. The summed E-state index contributed by atoms with van der Waals surface area (Å²) in [4.78, 5) is 13.3. The van der Waals surface area contributed by atoms with E-state index in [9.17, 15) is 4.79 Å². The molecule has 0 bridgehead atoms. The average Bonchev–Trinajstić information content (AvgIpc) is 3.57. The summed E-state index contributed by atoms with van der Waals surface area (Å²) in [6, 6.07) is 18.5. The molecule has 0 unspecified atom stereocenters. The molecular formula is C25H25N5O4. The van der Waals surface area contributed by atoms with E-state index in [0.29, 0.717) is 29.7 Å². The number of aromatic nitrogens is 4. The van der Waals surface area contributed by atoms with E-state index in [1.165, 1.54) is 10.9 Å². The Labute approximate surface area is 197 Å². The number of nitrogens with zero attached hydrogens (tertiary/aromatic N) is 4. The second-order valence-corrected chi connectivity index (χ2v) is 7.34. The highest BCUT2D eigenvalue weighted by atomic mass is 16.5. The van der Waals surface area contributed by atoms with Crippen molar-refractivity contribution >= 4 is 17.7 Å². The Morgan fingerprint density at radius 2 is 1.97 bits per heavy atom. The molecule has 9 heteroatoms. The second-order valence-electron chi connectivity index (χ2n) is 7.34. The van der Waals surface area contributed by atoms with Crippen LogP contribution < -0.4 is 14.8 Å². The minimum absolute atomic E-state index is 0.216.